The summed E-state index contributed by atoms with van der Waals surface area (Å²) in [6.07, 6.45) is 2.85. The fraction of sp³-hybridized carbons (Fsp3) is 0.286. The Balaban J connectivity index is 1.57. The molecular weight excluding hydrogens is 444 g/mol. The molecule has 4 rings (SSSR count). The molecule has 1 fully saturated rings. The molecule has 6 heteroatoms. The number of hydrogen-bond acceptors (Lipinski definition) is 2. The van der Waals surface area contributed by atoms with E-state index in [4.69, 9.17) is 9.47 Å². The standard InChI is InChI=1S/C28H26F4O2/c1-3-5-6-20-11-12-21(25(30)24(20)29)18-7-9-19(10-8-18)22-13-14-23(27(32)26(22)31)28-33-15-17(4-2)16-34-28/h4,7-14,17,28H,2-3,5-6,15-16H2,1H3. The van der Waals surface area contributed by atoms with Gasteiger partial charge in [-0.1, -0.05) is 68.0 Å². The van der Waals surface area contributed by atoms with E-state index in [9.17, 15) is 17.6 Å². The van der Waals surface area contributed by atoms with Crippen LogP contribution in [-0.2, 0) is 15.9 Å². The second kappa shape index (κ2) is 10.5. The van der Waals surface area contributed by atoms with E-state index in [2.05, 4.69) is 6.58 Å². The van der Waals surface area contributed by atoms with Gasteiger partial charge in [0, 0.05) is 22.6 Å². The summed E-state index contributed by atoms with van der Waals surface area (Å²) in [5.74, 6) is -3.81. The zero-order valence-electron chi connectivity index (χ0n) is 18.9. The summed E-state index contributed by atoms with van der Waals surface area (Å²) in [7, 11) is 0. The van der Waals surface area contributed by atoms with E-state index in [-0.39, 0.29) is 22.6 Å². The fourth-order valence-corrected chi connectivity index (χ4v) is 4.01. The molecule has 1 aliphatic heterocycles. The highest BCUT2D eigenvalue weighted by Gasteiger charge is 2.27. The topological polar surface area (TPSA) is 18.5 Å². The molecule has 3 aromatic carbocycles. The lowest BCUT2D eigenvalue weighted by Crippen LogP contribution is -2.26. The molecule has 1 aliphatic rings. The molecule has 0 atom stereocenters. The number of ether oxygens (including phenoxy) is 2. The van der Waals surface area contributed by atoms with Crippen molar-refractivity contribution in [2.24, 2.45) is 5.92 Å². The van der Waals surface area contributed by atoms with E-state index in [1.165, 1.54) is 12.1 Å². The van der Waals surface area contributed by atoms with Crippen molar-refractivity contribution < 1.29 is 27.0 Å². The van der Waals surface area contributed by atoms with Crippen LogP contribution < -0.4 is 0 Å². The van der Waals surface area contributed by atoms with Gasteiger partial charge in [-0.05, 0) is 29.5 Å². The maximum Gasteiger partial charge on any atom is 0.186 e. The van der Waals surface area contributed by atoms with Crippen molar-refractivity contribution >= 4 is 0 Å². The zero-order valence-corrected chi connectivity index (χ0v) is 18.9. The predicted octanol–water partition coefficient (Wildman–Crippen LogP) is 7.77. The van der Waals surface area contributed by atoms with Crippen molar-refractivity contribution in [3.05, 3.63) is 95.6 Å². The van der Waals surface area contributed by atoms with Crippen molar-refractivity contribution in [1.82, 2.24) is 0 Å². The monoisotopic (exact) mass is 470 g/mol. The number of benzene rings is 3. The summed E-state index contributed by atoms with van der Waals surface area (Å²) < 4.78 is 69.9. The Hall–Kier alpha value is -2.96. The smallest absolute Gasteiger partial charge is 0.186 e. The van der Waals surface area contributed by atoms with Gasteiger partial charge in [0.1, 0.15) is 0 Å². The van der Waals surface area contributed by atoms with E-state index >= 15 is 0 Å². The molecule has 0 saturated carbocycles. The Labute approximate surface area is 196 Å². The maximum atomic E-state index is 14.9. The summed E-state index contributed by atoms with van der Waals surface area (Å²) in [5.41, 5.74) is 1.36. The third kappa shape index (κ3) is 4.79. The van der Waals surface area contributed by atoms with Gasteiger partial charge in [-0.3, -0.25) is 0 Å². The summed E-state index contributed by atoms with van der Waals surface area (Å²) in [5, 5.41) is 0. The highest BCUT2D eigenvalue weighted by molar-refractivity contribution is 5.71. The van der Waals surface area contributed by atoms with Crippen molar-refractivity contribution in [2.75, 3.05) is 13.2 Å². The van der Waals surface area contributed by atoms with E-state index in [0.29, 0.717) is 36.3 Å². The minimum atomic E-state index is -1.04. The van der Waals surface area contributed by atoms with E-state index in [1.807, 2.05) is 6.92 Å². The van der Waals surface area contributed by atoms with Crippen molar-refractivity contribution in [1.29, 1.82) is 0 Å². The van der Waals surface area contributed by atoms with Crippen LogP contribution in [0.15, 0.2) is 61.2 Å². The van der Waals surface area contributed by atoms with Gasteiger partial charge in [0.15, 0.2) is 29.6 Å². The molecule has 0 aliphatic carbocycles. The van der Waals surface area contributed by atoms with E-state index < -0.39 is 29.6 Å². The highest BCUT2D eigenvalue weighted by atomic mass is 19.2. The quantitative estimate of drug-likeness (QED) is 0.259. The molecule has 0 radical (unpaired) electrons. The summed E-state index contributed by atoms with van der Waals surface area (Å²) in [6, 6.07) is 12.3. The molecule has 178 valence electrons. The highest BCUT2D eigenvalue weighted by Crippen LogP contribution is 2.34. The van der Waals surface area contributed by atoms with E-state index in [1.54, 1.807) is 42.5 Å². The first-order chi connectivity index (χ1) is 16.4. The van der Waals surface area contributed by atoms with E-state index in [0.717, 1.165) is 12.8 Å². The van der Waals surface area contributed by atoms with Crippen LogP contribution in [0.25, 0.3) is 22.3 Å². The lowest BCUT2D eigenvalue weighted by Gasteiger charge is -2.28. The Bertz CT molecular complexity index is 1170. The average molecular weight is 471 g/mol. The van der Waals surface area contributed by atoms with Gasteiger partial charge in [-0.15, -0.1) is 6.58 Å². The number of rotatable bonds is 7. The molecule has 0 spiro atoms. The van der Waals surface area contributed by atoms with Gasteiger partial charge < -0.3 is 9.47 Å². The van der Waals surface area contributed by atoms with Crippen LogP contribution in [0.1, 0.15) is 37.2 Å². The van der Waals surface area contributed by atoms with Crippen LogP contribution in [0.4, 0.5) is 17.6 Å². The Kier molecular flexibility index (Phi) is 7.49. The molecule has 3 aromatic rings. The van der Waals surface area contributed by atoms with Crippen molar-refractivity contribution in [2.45, 2.75) is 32.5 Å². The van der Waals surface area contributed by atoms with Crippen molar-refractivity contribution in [3.8, 4) is 22.3 Å². The van der Waals surface area contributed by atoms with Gasteiger partial charge in [0.25, 0.3) is 0 Å². The first kappa shape index (κ1) is 24.2. The molecule has 2 nitrogen and oxygen atoms in total. The summed E-state index contributed by atoms with van der Waals surface area (Å²) in [4.78, 5) is 0. The van der Waals surface area contributed by atoms with Crippen LogP contribution >= 0.6 is 0 Å². The molecule has 34 heavy (non-hydrogen) atoms. The number of unbranched alkanes of at least 4 members (excludes halogenated alkanes) is 1. The summed E-state index contributed by atoms with van der Waals surface area (Å²) in [6.45, 7) is 6.29. The number of halogens is 4. The number of hydrogen-bond donors (Lipinski definition) is 0. The normalized spacial score (nSPS) is 18.1. The molecular formula is C28H26F4O2. The second-order valence-electron chi connectivity index (χ2n) is 8.41. The van der Waals surface area contributed by atoms with Gasteiger partial charge in [-0.2, -0.15) is 0 Å². The molecule has 0 amide bonds. The Morgan fingerprint density at radius 1 is 0.794 bits per heavy atom. The fourth-order valence-electron chi connectivity index (χ4n) is 4.01. The lowest BCUT2D eigenvalue weighted by molar-refractivity contribution is -0.198. The van der Waals surface area contributed by atoms with Crippen LogP contribution in [0.5, 0.6) is 0 Å². The molecule has 1 saturated heterocycles. The van der Waals surface area contributed by atoms with Crippen LogP contribution in [0.2, 0.25) is 0 Å². The molecule has 0 aromatic heterocycles. The number of aryl methyl sites for hydroxylation is 1. The minimum absolute atomic E-state index is 0.00722. The molecule has 0 bridgehead atoms. The Morgan fingerprint density at radius 2 is 1.35 bits per heavy atom. The van der Waals surface area contributed by atoms with Crippen LogP contribution in [0.3, 0.4) is 0 Å². The van der Waals surface area contributed by atoms with Crippen molar-refractivity contribution in [3.63, 3.8) is 0 Å². The van der Waals surface area contributed by atoms with Crippen LogP contribution in [-0.4, -0.2) is 13.2 Å². The Morgan fingerprint density at radius 3 is 1.91 bits per heavy atom. The van der Waals surface area contributed by atoms with Gasteiger partial charge >= 0.3 is 0 Å². The maximum absolute atomic E-state index is 14.9. The summed E-state index contributed by atoms with van der Waals surface area (Å²) >= 11 is 0. The predicted molar refractivity (Wildman–Crippen MR) is 124 cm³/mol. The third-order valence-electron chi connectivity index (χ3n) is 6.09. The van der Waals surface area contributed by atoms with Crippen LogP contribution in [0, 0.1) is 29.2 Å². The minimum Gasteiger partial charge on any atom is -0.348 e. The van der Waals surface area contributed by atoms with Gasteiger partial charge in [0.2, 0.25) is 0 Å². The zero-order chi connectivity index (χ0) is 24.2. The lowest BCUT2D eigenvalue weighted by atomic mass is 9.97. The first-order valence-corrected chi connectivity index (χ1v) is 11.4. The molecule has 0 N–H and O–H groups in total. The molecule has 1 heterocycles. The van der Waals surface area contributed by atoms with Gasteiger partial charge in [0.05, 0.1) is 13.2 Å². The largest absolute Gasteiger partial charge is 0.348 e. The SMILES string of the molecule is C=CC1COC(c2ccc(-c3ccc(-c4ccc(CCCC)c(F)c4F)cc3)c(F)c2F)OC1. The first-order valence-electron chi connectivity index (χ1n) is 11.4. The van der Waals surface area contributed by atoms with Gasteiger partial charge in [-0.25, -0.2) is 17.6 Å². The molecule has 0 unspecified atom stereocenters. The average Bonchev–Trinajstić information content (AvgIpc) is 2.87. The third-order valence-corrected chi connectivity index (χ3v) is 6.09. The second-order valence-corrected chi connectivity index (χ2v) is 8.41.